The maximum atomic E-state index is 12.1. The molecule has 0 radical (unpaired) electrons. The predicted molar refractivity (Wildman–Crippen MR) is 124 cm³/mol. The smallest absolute Gasteiger partial charge is 0.262 e. The Hall–Kier alpha value is -3.07. The second kappa shape index (κ2) is 10.1. The van der Waals surface area contributed by atoms with E-state index >= 15 is 0 Å². The minimum absolute atomic E-state index is 0.162. The topological polar surface area (TPSA) is 62.1 Å². The zero-order chi connectivity index (χ0) is 21.5. The number of rotatable bonds is 6. The van der Waals surface area contributed by atoms with E-state index in [1.165, 1.54) is 0 Å². The molecule has 0 unspecified atom stereocenters. The normalized spacial score (nSPS) is 10.9. The van der Waals surface area contributed by atoms with Crippen LogP contribution < -0.4 is 10.1 Å². The van der Waals surface area contributed by atoms with Crippen LogP contribution in [0.15, 0.2) is 71.2 Å². The number of ether oxygens (including phenoxy) is 1. The van der Waals surface area contributed by atoms with E-state index in [1.807, 2.05) is 55.5 Å². The highest BCUT2D eigenvalue weighted by atomic mass is 79.9. The third-order valence-corrected chi connectivity index (χ3v) is 5.03. The average molecular weight is 482 g/mol. The molecule has 6 heteroatoms. The molecule has 0 aliphatic rings. The lowest BCUT2D eigenvalue weighted by Crippen LogP contribution is -2.20. The van der Waals surface area contributed by atoms with Gasteiger partial charge in [-0.25, -0.2) is 0 Å². The van der Waals surface area contributed by atoms with E-state index in [0.717, 1.165) is 21.2 Å². The number of allylic oxidation sites excluding steroid dienone is 1. The molecule has 30 heavy (non-hydrogen) atoms. The highest BCUT2D eigenvalue weighted by Crippen LogP contribution is 2.28. The van der Waals surface area contributed by atoms with Crippen LogP contribution >= 0.6 is 27.5 Å². The number of carbonyl (C=O) groups is 1. The van der Waals surface area contributed by atoms with Crippen molar-refractivity contribution in [1.82, 2.24) is 0 Å². The fourth-order valence-electron chi connectivity index (χ4n) is 2.76. The van der Waals surface area contributed by atoms with Crippen molar-refractivity contribution in [2.45, 2.75) is 6.92 Å². The standard InChI is InChI=1S/C24H18BrClN2O2/c1-16-3-2-4-21(11-16)28-24(29)15-30-23-10-5-17(13-22(23)26)12-19(14-27)18-6-8-20(25)9-7-18/h2-13H,15H2,1H3,(H,28,29)/b19-12+. The molecule has 0 saturated heterocycles. The summed E-state index contributed by atoms with van der Waals surface area (Å²) >= 11 is 9.70. The van der Waals surface area contributed by atoms with Crippen molar-refractivity contribution in [3.63, 3.8) is 0 Å². The van der Waals surface area contributed by atoms with Gasteiger partial charge in [0, 0.05) is 10.2 Å². The monoisotopic (exact) mass is 480 g/mol. The van der Waals surface area contributed by atoms with Crippen molar-refractivity contribution in [2.75, 3.05) is 11.9 Å². The van der Waals surface area contributed by atoms with Gasteiger partial charge < -0.3 is 10.1 Å². The van der Waals surface area contributed by atoms with Gasteiger partial charge in [0.1, 0.15) is 5.75 Å². The van der Waals surface area contributed by atoms with Crippen molar-refractivity contribution >= 4 is 50.8 Å². The maximum Gasteiger partial charge on any atom is 0.262 e. The van der Waals surface area contributed by atoms with E-state index in [9.17, 15) is 10.1 Å². The molecular weight excluding hydrogens is 464 g/mol. The molecule has 0 heterocycles. The first-order valence-electron chi connectivity index (χ1n) is 9.11. The number of hydrogen-bond acceptors (Lipinski definition) is 3. The van der Waals surface area contributed by atoms with E-state index in [1.54, 1.807) is 24.3 Å². The molecule has 1 amide bonds. The number of nitrogens with zero attached hydrogens (tertiary/aromatic N) is 1. The fourth-order valence-corrected chi connectivity index (χ4v) is 3.27. The molecule has 0 saturated carbocycles. The summed E-state index contributed by atoms with van der Waals surface area (Å²) in [4.78, 5) is 12.1. The van der Waals surface area contributed by atoms with E-state index in [2.05, 4.69) is 27.3 Å². The van der Waals surface area contributed by atoms with E-state index in [-0.39, 0.29) is 12.5 Å². The lowest BCUT2D eigenvalue weighted by atomic mass is 10.0. The minimum Gasteiger partial charge on any atom is -0.482 e. The van der Waals surface area contributed by atoms with Crippen LogP contribution in [0.4, 0.5) is 5.69 Å². The first kappa shape index (κ1) is 21.6. The van der Waals surface area contributed by atoms with Crippen molar-refractivity contribution in [2.24, 2.45) is 0 Å². The number of anilines is 1. The van der Waals surface area contributed by atoms with Crippen LogP contribution in [0.5, 0.6) is 5.75 Å². The van der Waals surface area contributed by atoms with Gasteiger partial charge in [-0.1, -0.05) is 57.9 Å². The Morgan fingerprint density at radius 3 is 2.60 bits per heavy atom. The number of benzene rings is 3. The summed E-state index contributed by atoms with van der Waals surface area (Å²) in [6, 6.07) is 22.4. The Kier molecular flexibility index (Phi) is 7.29. The maximum absolute atomic E-state index is 12.1. The summed E-state index contributed by atoms with van der Waals surface area (Å²) in [7, 11) is 0. The second-order valence-corrected chi connectivity index (χ2v) is 7.90. The number of hydrogen-bond donors (Lipinski definition) is 1. The molecule has 0 aliphatic heterocycles. The second-order valence-electron chi connectivity index (χ2n) is 6.57. The van der Waals surface area contributed by atoms with Gasteiger partial charge in [0.25, 0.3) is 5.91 Å². The molecule has 0 aliphatic carbocycles. The Morgan fingerprint density at radius 2 is 1.93 bits per heavy atom. The molecule has 0 aromatic heterocycles. The number of halogens is 2. The molecular formula is C24H18BrClN2O2. The molecule has 0 spiro atoms. The summed E-state index contributed by atoms with van der Waals surface area (Å²) in [6.45, 7) is 1.79. The quantitative estimate of drug-likeness (QED) is 0.323. The third kappa shape index (κ3) is 5.96. The number of aryl methyl sites for hydroxylation is 1. The summed E-state index contributed by atoms with van der Waals surface area (Å²) in [5, 5.41) is 12.6. The Bertz CT molecular complexity index is 1130. The third-order valence-electron chi connectivity index (χ3n) is 4.20. The molecule has 0 atom stereocenters. The largest absolute Gasteiger partial charge is 0.482 e. The van der Waals surface area contributed by atoms with Gasteiger partial charge in [-0.3, -0.25) is 4.79 Å². The minimum atomic E-state index is -0.275. The van der Waals surface area contributed by atoms with Crippen LogP contribution in [-0.4, -0.2) is 12.5 Å². The van der Waals surface area contributed by atoms with Gasteiger partial charge in [-0.05, 0) is 66.1 Å². The van der Waals surface area contributed by atoms with Crippen molar-refractivity contribution in [3.05, 3.63) is 92.9 Å². The predicted octanol–water partition coefficient (Wildman–Crippen LogP) is 6.49. The zero-order valence-electron chi connectivity index (χ0n) is 16.2. The summed E-state index contributed by atoms with van der Waals surface area (Å²) in [6.07, 6.45) is 1.75. The van der Waals surface area contributed by atoms with Gasteiger partial charge in [-0.2, -0.15) is 5.26 Å². The van der Waals surface area contributed by atoms with Crippen molar-refractivity contribution in [3.8, 4) is 11.8 Å². The molecule has 0 fully saturated rings. The van der Waals surface area contributed by atoms with Crippen LogP contribution in [0, 0.1) is 18.3 Å². The number of carbonyl (C=O) groups excluding carboxylic acids is 1. The molecule has 1 N–H and O–H groups in total. The van der Waals surface area contributed by atoms with Crippen molar-refractivity contribution in [1.29, 1.82) is 5.26 Å². The number of nitrogens with one attached hydrogen (secondary N) is 1. The average Bonchev–Trinajstić information content (AvgIpc) is 2.72. The fraction of sp³-hybridized carbons (Fsp3) is 0.0833. The van der Waals surface area contributed by atoms with E-state index < -0.39 is 0 Å². The Labute approximate surface area is 188 Å². The Balaban J connectivity index is 1.66. The summed E-state index contributed by atoms with van der Waals surface area (Å²) < 4.78 is 6.49. The van der Waals surface area contributed by atoms with Crippen LogP contribution in [0.1, 0.15) is 16.7 Å². The van der Waals surface area contributed by atoms with Gasteiger partial charge in [0.15, 0.2) is 6.61 Å². The van der Waals surface area contributed by atoms with Crippen molar-refractivity contribution < 1.29 is 9.53 Å². The first-order chi connectivity index (χ1) is 14.4. The van der Waals surface area contributed by atoms with Gasteiger partial charge in [-0.15, -0.1) is 0 Å². The molecule has 4 nitrogen and oxygen atoms in total. The molecule has 0 bridgehead atoms. The highest BCUT2D eigenvalue weighted by molar-refractivity contribution is 9.10. The summed E-state index contributed by atoms with van der Waals surface area (Å²) in [5.41, 5.74) is 3.86. The highest BCUT2D eigenvalue weighted by Gasteiger charge is 2.08. The number of nitriles is 1. The first-order valence-corrected chi connectivity index (χ1v) is 10.3. The van der Waals surface area contributed by atoms with Crippen LogP contribution in [0.3, 0.4) is 0 Å². The summed E-state index contributed by atoms with van der Waals surface area (Å²) in [5.74, 6) is 0.123. The van der Waals surface area contributed by atoms with Crippen LogP contribution in [-0.2, 0) is 4.79 Å². The molecule has 3 rings (SSSR count). The zero-order valence-corrected chi connectivity index (χ0v) is 18.5. The van der Waals surface area contributed by atoms with Crippen LogP contribution in [0.2, 0.25) is 5.02 Å². The number of amides is 1. The van der Waals surface area contributed by atoms with E-state index in [0.29, 0.717) is 22.0 Å². The lowest BCUT2D eigenvalue weighted by molar-refractivity contribution is -0.118. The van der Waals surface area contributed by atoms with Gasteiger partial charge in [0.05, 0.1) is 16.7 Å². The molecule has 3 aromatic rings. The molecule has 150 valence electrons. The van der Waals surface area contributed by atoms with E-state index in [4.69, 9.17) is 16.3 Å². The SMILES string of the molecule is Cc1cccc(NC(=O)COc2ccc(/C=C(\C#N)c3ccc(Br)cc3)cc2Cl)c1. The molecule has 3 aromatic carbocycles. The van der Waals surface area contributed by atoms with Gasteiger partial charge >= 0.3 is 0 Å². The lowest BCUT2D eigenvalue weighted by Gasteiger charge is -2.10. The van der Waals surface area contributed by atoms with Gasteiger partial charge in [0.2, 0.25) is 0 Å². The van der Waals surface area contributed by atoms with Crippen LogP contribution in [0.25, 0.3) is 11.6 Å². The Morgan fingerprint density at radius 1 is 1.17 bits per heavy atom.